The first-order valence-electron chi connectivity index (χ1n) is 23.2. The second-order valence-electron chi connectivity index (χ2n) is 16.9. The van der Waals surface area contributed by atoms with Crippen LogP contribution in [-0.2, 0) is 0 Å². The lowest BCUT2D eigenvalue weighted by Gasteiger charge is -2.27. The van der Waals surface area contributed by atoms with Gasteiger partial charge in [-0.05, 0) is 146 Å². The molecule has 0 amide bonds. The molecule has 0 unspecified atom stereocenters. The van der Waals surface area contributed by atoms with Gasteiger partial charge in [-0.2, -0.15) is 0 Å². The summed E-state index contributed by atoms with van der Waals surface area (Å²) >= 11 is 0. The van der Waals surface area contributed by atoms with E-state index in [4.69, 9.17) is 0 Å². The highest BCUT2D eigenvalue weighted by atomic mass is 15.1. The van der Waals surface area contributed by atoms with Crippen LogP contribution in [0.15, 0.2) is 291 Å². The molecule has 11 aromatic rings. The average Bonchev–Trinajstić information content (AvgIpc) is 3.43. The molecule has 0 aliphatic carbocycles. The highest BCUT2D eigenvalue weighted by Crippen LogP contribution is 2.43. The molecule has 0 atom stereocenters. The van der Waals surface area contributed by atoms with Gasteiger partial charge in [0.15, 0.2) is 0 Å². The van der Waals surface area contributed by atoms with E-state index in [1.807, 2.05) is 0 Å². The van der Waals surface area contributed by atoms with E-state index in [0.29, 0.717) is 0 Å². The summed E-state index contributed by atoms with van der Waals surface area (Å²) in [6.45, 7) is 0. The second kappa shape index (κ2) is 19.2. The zero-order valence-corrected chi connectivity index (χ0v) is 37.6. The van der Waals surface area contributed by atoms with Crippen LogP contribution < -0.4 is 9.80 Å². The number of para-hydroxylation sites is 2. The molecule has 68 heavy (non-hydrogen) atoms. The van der Waals surface area contributed by atoms with Gasteiger partial charge >= 0.3 is 0 Å². The van der Waals surface area contributed by atoms with Crippen LogP contribution in [0, 0.1) is 0 Å². The van der Waals surface area contributed by atoms with Crippen molar-refractivity contribution in [3.8, 4) is 66.8 Å². The topological polar surface area (TPSA) is 6.48 Å². The maximum atomic E-state index is 2.35. The van der Waals surface area contributed by atoms with Crippen molar-refractivity contribution < 1.29 is 0 Å². The highest BCUT2D eigenvalue weighted by Gasteiger charge is 2.18. The van der Waals surface area contributed by atoms with Crippen LogP contribution in [0.2, 0.25) is 0 Å². The van der Waals surface area contributed by atoms with E-state index in [1.165, 1.54) is 55.6 Å². The Balaban J connectivity index is 0.942. The maximum Gasteiger partial charge on any atom is 0.0468 e. The minimum absolute atomic E-state index is 1.09. The van der Waals surface area contributed by atoms with Crippen LogP contribution in [0.1, 0.15) is 0 Å². The van der Waals surface area contributed by atoms with Crippen molar-refractivity contribution in [2.24, 2.45) is 0 Å². The highest BCUT2D eigenvalue weighted by molar-refractivity contribution is 5.92. The largest absolute Gasteiger partial charge is 0.311 e. The van der Waals surface area contributed by atoms with Gasteiger partial charge in [-0.3, -0.25) is 0 Å². The average molecular weight is 869 g/mol. The molecule has 0 fully saturated rings. The number of benzene rings is 11. The van der Waals surface area contributed by atoms with Crippen LogP contribution in [-0.4, -0.2) is 0 Å². The molecule has 11 rings (SSSR count). The number of anilines is 6. The Morgan fingerprint density at radius 1 is 0.147 bits per heavy atom. The summed E-state index contributed by atoms with van der Waals surface area (Å²) in [5.41, 5.74) is 20.8. The Bertz CT molecular complexity index is 3390. The Kier molecular flexibility index (Phi) is 11.8. The first-order chi connectivity index (χ1) is 33.7. The van der Waals surface area contributed by atoms with Gasteiger partial charge in [0.25, 0.3) is 0 Å². The summed E-state index contributed by atoms with van der Waals surface area (Å²) in [7, 11) is 0. The fraction of sp³-hybridized carbons (Fsp3) is 0. The van der Waals surface area contributed by atoms with Gasteiger partial charge in [-0.25, -0.2) is 0 Å². The molecule has 0 N–H and O–H groups in total. The zero-order chi connectivity index (χ0) is 45.5. The van der Waals surface area contributed by atoms with Gasteiger partial charge in [0.2, 0.25) is 0 Å². The quantitative estimate of drug-likeness (QED) is 0.121. The lowest BCUT2D eigenvalue weighted by atomic mass is 9.90. The Hall–Kier alpha value is -8.98. The molecule has 322 valence electrons. The van der Waals surface area contributed by atoms with Crippen molar-refractivity contribution in [1.29, 1.82) is 0 Å². The van der Waals surface area contributed by atoms with Crippen molar-refractivity contribution in [3.63, 3.8) is 0 Å². The summed E-state index contributed by atoms with van der Waals surface area (Å²) in [5, 5.41) is 0. The Morgan fingerprint density at radius 3 is 0.882 bits per heavy atom. The zero-order valence-electron chi connectivity index (χ0n) is 37.6. The maximum absolute atomic E-state index is 2.35. The fourth-order valence-electron chi connectivity index (χ4n) is 9.33. The van der Waals surface area contributed by atoms with Crippen LogP contribution in [0.25, 0.3) is 66.8 Å². The van der Waals surface area contributed by atoms with E-state index >= 15 is 0 Å². The van der Waals surface area contributed by atoms with Crippen LogP contribution in [0.5, 0.6) is 0 Å². The summed E-state index contributed by atoms with van der Waals surface area (Å²) in [4.78, 5) is 4.67. The molecule has 11 aromatic carbocycles. The first-order valence-corrected chi connectivity index (χ1v) is 23.2. The Morgan fingerprint density at radius 2 is 0.426 bits per heavy atom. The van der Waals surface area contributed by atoms with E-state index in [-0.39, 0.29) is 0 Å². The van der Waals surface area contributed by atoms with E-state index in [2.05, 4.69) is 301 Å². The van der Waals surface area contributed by atoms with Gasteiger partial charge in [0, 0.05) is 34.1 Å². The molecule has 2 nitrogen and oxygen atoms in total. The molecule has 0 aliphatic rings. The van der Waals surface area contributed by atoms with Crippen LogP contribution >= 0.6 is 0 Å². The van der Waals surface area contributed by atoms with Crippen molar-refractivity contribution in [2.45, 2.75) is 0 Å². The molecule has 0 aliphatic heterocycles. The van der Waals surface area contributed by atoms with Gasteiger partial charge in [-0.15, -0.1) is 0 Å². The van der Waals surface area contributed by atoms with Gasteiger partial charge < -0.3 is 9.80 Å². The van der Waals surface area contributed by atoms with E-state index in [0.717, 1.165) is 45.3 Å². The standard InChI is InChI=1S/C66H48N2/c1-6-19-49(20-7-1)51-33-39-59(40-34-51)67(57-27-12-4-13-28-57)60-43-37-54(38-44-60)63-31-16-17-32-64(63)55-25-18-26-56(47-55)65-46-45-62(48-66(65)53-23-10-3-11-24-53)68(58-29-14-5-15-30-58)61-41-35-52(36-42-61)50-21-8-2-9-22-50/h1-48H. The third-order valence-electron chi connectivity index (χ3n) is 12.7. The minimum atomic E-state index is 1.09. The van der Waals surface area contributed by atoms with Crippen molar-refractivity contribution in [1.82, 2.24) is 0 Å². The van der Waals surface area contributed by atoms with Crippen molar-refractivity contribution in [3.05, 3.63) is 291 Å². The van der Waals surface area contributed by atoms with E-state index in [1.54, 1.807) is 0 Å². The number of rotatable bonds is 12. The summed E-state index contributed by atoms with van der Waals surface area (Å²) < 4.78 is 0. The minimum Gasteiger partial charge on any atom is -0.311 e. The van der Waals surface area contributed by atoms with Crippen molar-refractivity contribution in [2.75, 3.05) is 9.80 Å². The number of hydrogen-bond donors (Lipinski definition) is 0. The Labute approximate surface area is 400 Å². The summed E-state index contributed by atoms with van der Waals surface area (Å²) in [6.07, 6.45) is 0. The predicted molar refractivity (Wildman–Crippen MR) is 288 cm³/mol. The van der Waals surface area contributed by atoms with Crippen LogP contribution in [0.3, 0.4) is 0 Å². The molecule has 0 aromatic heterocycles. The predicted octanol–water partition coefficient (Wildman–Crippen LogP) is 18.6. The number of nitrogens with zero attached hydrogens (tertiary/aromatic N) is 2. The molecule has 0 spiro atoms. The van der Waals surface area contributed by atoms with Gasteiger partial charge in [-0.1, -0.05) is 212 Å². The molecule has 0 radical (unpaired) electrons. The van der Waals surface area contributed by atoms with E-state index in [9.17, 15) is 0 Å². The summed E-state index contributed by atoms with van der Waals surface area (Å²) in [6, 6.07) is 105. The van der Waals surface area contributed by atoms with Gasteiger partial charge in [0.05, 0.1) is 0 Å². The smallest absolute Gasteiger partial charge is 0.0468 e. The lowest BCUT2D eigenvalue weighted by molar-refractivity contribution is 1.28. The van der Waals surface area contributed by atoms with Gasteiger partial charge in [0.1, 0.15) is 0 Å². The molecule has 0 saturated carbocycles. The third-order valence-corrected chi connectivity index (χ3v) is 12.7. The monoisotopic (exact) mass is 868 g/mol. The second-order valence-corrected chi connectivity index (χ2v) is 16.9. The molecular formula is C66H48N2. The molecule has 0 heterocycles. The molecular weight excluding hydrogens is 821 g/mol. The lowest BCUT2D eigenvalue weighted by Crippen LogP contribution is -2.10. The fourth-order valence-corrected chi connectivity index (χ4v) is 9.33. The number of hydrogen-bond acceptors (Lipinski definition) is 2. The first kappa shape index (κ1) is 41.7. The molecule has 2 heteroatoms. The van der Waals surface area contributed by atoms with Crippen molar-refractivity contribution >= 4 is 34.1 Å². The molecule has 0 bridgehead atoms. The SMILES string of the molecule is c1ccc(-c2ccc(N(c3ccccc3)c3ccc(-c4ccccc4-c4cccc(-c5ccc(N(c6ccccc6)c6ccc(-c7ccccc7)cc6)cc5-c5ccccc5)c4)cc3)cc2)cc1. The normalized spacial score (nSPS) is 10.9. The third kappa shape index (κ3) is 8.75. The van der Waals surface area contributed by atoms with E-state index < -0.39 is 0 Å². The molecule has 0 saturated heterocycles. The summed E-state index contributed by atoms with van der Waals surface area (Å²) in [5.74, 6) is 0. The van der Waals surface area contributed by atoms with Crippen LogP contribution in [0.4, 0.5) is 34.1 Å².